The molecule has 0 saturated carbocycles. The summed E-state index contributed by atoms with van der Waals surface area (Å²) in [5, 5.41) is 8.01. The van der Waals surface area contributed by atoms with Crippen LogP contribution in [-0.4, -0.2) is 18.1 Å². The zero-order chi connectivity index (χ0) is 20.8. The van der Waals surface area contributed by atoms with E-state index in [1.165, 1.54) is 11.3 Å². The number of nitrogens with zero attached hydrogens (tertiary/aromatic N) is 1. The van der Waals surface area contributed by atoms with E-state index >= 15 is 0 Å². The van der Waals surface area contributed by atoms with Gasteiger partial charge < -0.3 is 4.74 Å². The maximum absolute atomic E-state index is 12.3. The first-order chi connectivity index (χ1) is 14.7. The molecule has 0 aliphatic rings. The third kappa shape index (κ3) is 4.79. The van der Waals surface area contributed by atoms with Gasteiger partial charge in [-0.2, -0.15) is 5.10 Å². The van der Waals surface area contributed by atoms with E-state index in [9.17, 15) is 9.59 Å². The number of nitrogens with one attached hydrogen (secondary N) is 1. The van der Waals surface area contributed by atoms with Crippen molar-refractivity contribution in [2.24, 2.45) is 5.10 Å². The Morgan fingerprint density at radius 1 is 0.933 bits per heavy atom. The van der Waals surface area contributed by atoms with Crippen LogP contribution in [0.4, 0.5) is 0 Å². The predicted octanol–water partition coefficient (Wildman–Crippen LogP) is 4.81. The second-order valence-corrected chi connectivity index (χ2v) is 7.49. The molecule has 1 amide bonds. The maximum atomic E-state index is 12.3. The van der Waals surface area contributed by atoms with E-state index in [4.69, 9.17) is 4.74 Å². The van der Waals surface area contributed by atoms with Crippen molar-refractivity contribution >= 4 is 40.2 Å². The highest BCUT2D eigenvalue weighted by atomic mass is 32.1. The second-order valence-electron chi connectivity index (χ2n) is 6.54. The van der Waals surface area contributed by atoms with E-state index in [0.29, 0.717) is 10.6 Å². The van der Waals surface area contributed by atoms with Crippen LogP contribution in [-0.2, 0) is 11.2 Å². The van der Waals surface area contributed by atoms with Crippen LogP contribution < -0.4 is 10.2 Å². The topological polar surface area (TPSA) is 67.8 Å². The van der Waals surface area contributed by atoms with E-state index in [2.05, 4.69) is 10.5 Å². The van der Waals surface area contributed by atoms with Gasteiger partial charge in [-0.25, -0.2) is 10.2 Å². The van der Waals surface area contributed by atoms with Crippen LogP contribution in [0.15, 0.2) is 89.3 Å². The number of carbonyl (C=O) groups is 2. The van der Waals surface area contributed by atoms with Crippen LogP contribution in [0, 0.1) is 0 Å². The first-order valence-corrected chi connectivity index (χ1v) is 10.2. The maximum Gasteiger partial charge on any atom is 0.353 e. The molecule has 1 aromatic heterocycles. The minimum Gasteiger partial charge on any atom is -0.422 e. The van der Waals surface area contributed by atoms with Crippen molar-refractivity contribution in [1.82, 2.24) is 5.43 Å². The third-order valence-electron chi connectivity index (χ3n) is 4.45. The standard InChI is InChI=1S/C24H18N2O3S/c27-23(15-19-7-3-6-18-5-1-2-8-21(18)19)26-25-16-17-10-12-20(13-11-17)29-24(28)22-9-4-14-30-22/h1-14,16H,15H2,(H,26,27)/b25-16-. The minimum absolute atomic E-state index is 0.191. The Kier molecular flexibility index (Phi) is 5.96. The van der Waals surface area contributed by atoms with Crippen LogP contribution >= 0.6 is 11.3 Å². The summed E-state index contributed by atoms with van der Waals surface area (Å²) in [4.78, 5) is 24.8. The normalized spacial score (nSPS) is 10.9. The molecule has 148 valence electrons. The molecule has 1 heterocycles. The van der Waals surface area contributed by atoms with Gasteiger partial charge in [-0.15, -0.1) is 11.3 Å². The summed E-state index contributed by atoms with van der Waals surface area (Å²) in [6, 6.07) is 24.3. The molecule has 0 bridgehead atoms. The molecule has 3 aromatic carbocycles. The molecule has 0 fully saturated rings. The molecule has 0 unspecified atom stereocenters. The van der Waals surface area contributed by atoms with Crippen LogP contribution in [0.5, 0.6) is 5.75 Å². The summed E-state index contributed by atoms with van der Waals surface area (Å²) in [6.07, 6.45) is 1.79. The molecular formula is C24H18N2O3S. The van der Waals surface area contributed by atoms with Gasteiger partial charge in [0.1, 0.15) is 10.6 Å². The summed E-state index contributed by atoms with van der Waals surface area (Å²) in [7, 11) is 0. The molecule has 1 N–H and O–H groups in total. The van der Waals surface area contributed by atoms with Crippen molar-refractivity contribution < 1.29 is 14.3 Å². The Labute approximate surface area is 177 Å². The summed E-state index contributed by atoms with van der Waals surface area (Å²) in [5.74, 6) is -0.123. The van der Waals surface area contributed by atoms with Crippen molar-refractivity contribution in [2.75, 3.05) is 0 Å². The monoisotopic (exact) mass is 414 g/mol. The van der Waals surface area contributed by atoms with Gasteiger partial charge in [0.05, 0.1) is 12.6 Å². The number of hydrogen-bond donors (Lipinski definition) is 1. The lowest BCUT2D eigenvalue weighted by Crippen LogP contribution is -2.19. The highest BCUT2D eigenvalue weighted by molar-refractivity contribution is 7.12. The Bertz CT molecular complexity index is 1190. The number of hydrazone groups is 1. The van der Waals surface area contributed by atoms with E-state index in [-0.39, 0.29) is 18.3 Å². The second kappa shape index (κ2) is 9.15. The average molecular weight is 414 g/mol. The highest BCUT2D eigenvalue weighted by Gasteiger charge is 2.09. The Hall–Kier alpha value is -3.77. The quantitative estimate of drug-likeness (QED) is 0.213. The van der Waals surface area contributed by atoms with Crippen molar-refractivity contribution in [3.05, 3.63) is 100 Å². The number of ether oxygens (including phenoxy) is 1. The summed E-state index contributed by atoms with van der Waals surface area (Å²) < 4.78 is 5.32. The molecule has 0 aliphatic carbocycles. The lowest BCUT2D eigenvalue weighted by molar-refractivity contribution is -0.120. The first kappa shape index (κ1) is 19.5. The third-order valence-corrected chi connectivity index (χ3v) is 5.30. The predicted molar refractivity (Wildman–Crippen MR) is 119 cm³/mol. The van der Waals surface area contributed by atoms with Crippen molar-refractivity contribution in [3.63, 3.8) is 0 Å². The van der Waals surface area contributed by atoms with E-state index in [0.717, 1.165) is 21.9 Å². The first-order valence-electron chi connectivity index (χ1n) is 9.33. The number of benzene rings is 3. The molecular weight excluding hydrogens is 396 g/mol. The number of fused-ring (bicyclic) bond motifs is 1. The molecule has 6 heteroatoms. The van der Waals surface area contributed by atoms with Crippen molar-refractivity contribution in [2.45, 2.75) is 6.42 Å². The number of amides is 1. The van der Waals surface area contributed by atoms with Gasteiger partial charge in [0.15, 0.2) is 0 Å². The van der Waals surface area contributed by atoms with Gasteiger partial charge in [0.25, 0.3) is 0 Å². The van der Waals surface area contributed by atoms with E-state index in [1.807, 2.05) is 47.8 Å². The lowest BCUT2D eigenvalue weighted by Gasteiger charge is -2.05. The van der Waals surface area contributed by atoms with Gasteiger partial charge in [-0.05, 0) is 57.6 Å². The molecule has 0 spiro atoms. The van der Waals surface area contributed by atoms with Crippen molar-refractivity contribution in [1.29, 1.82) is 0 Å². The van der Waals surface area contributed by atoms with Gasteiger partial charge in [0, 0.05) is 0 Å². The Morgan fingerprint density at radius 3 is 2.53 bits per heavy atom. The molecule has 5 nitrogen and oxygen atoms in total. The fraction of sp³-hybridized carbons (Fsp3) is 0.0417. The molecule has 30 heavy (non-hydrogen) atoms. The van der Waals surface area contributed by atoms with Gasteiger partial charge >= 0.3 is 5.97 Å². The fourth-order valence-corrected chi connectivity index (χ4v) is 3.61. The lowest BCUT2D eigenvalue weighted by atomic mass is 10.0. The smallest absolute Gasteiger partial charge is 0.353 e. The zero-order valence-electron chi connectivity index (χ0n) is 15.9. The van der Waals surface area contributed by atoms with Gasteiger partial charge in [-0.3, -0.25) is 4.79 Å². The average Bonchev–Trinajstić information content (AvgIpc) is 3.30. The molecule has 0 radical (unpaired) electrons. The SMILES string of the molecule is O=C(Cc1cccc2ccccc12)N/N=C\c1ccc(OC(=O)c2cccs2)cc1. The largest absolute Gasteiger partial charge is 0.422 e. The summed E-state index contributed by atoms with van der Waals surface area (Å²) in [5.41, 5.74) is 4.29. The van der Waals surface area contributed by atoms with E-state index < -0.39 is 0 Å². The number of thiophene rings is 1. The van der Waals surface area contributed by atoms with Crippen LogP contribution in [0.25, 0.3) is 10.8 Å². The fourth-order valence-electron chi connectivity index (χ4n) is 3.01. The van der Waals surface area contributed by atoms with Gasteiger partial charge in [-0.1, -0.05) is 48.5 Å². The van der Waals surface area contributed by atoms with Gasteiger partial charge in [0.2, 0.25) is 5.91 Å². The Morgan fingerprint density at radius 2 is 1.73 bits per heavy atom. The molecule has 4 rings (SSSR count). The Balaban J connectivity index is 1.32. The number of carbonyl (C=O) groups excluding carboxylic acids is 2. The number of esters is 1. The molecule has 0 atom stereocenters. The number of rotatable bonds is 6. The molecule has 0 saturated heterocycles. The summed E-state index contributed by atoms with van der Waals surface area (Å²) >= 11 is 1.33. The van der Waals surface area contributed by atoms with Crippen molar-refractivity contribution in [3.8, 4) is 5.75 Å². The van der Waals surface area contributed by atoms with Crippen LogP contribution in [0.2, 0.25) is 0 Å². The summed E-state index contributed by atoms with van der Waals surface area (Å²) in [6.45, 7) is 0. The minimum atomic E-state index is -0.382. The highest BCUT2D eigenvalue weighted by Crippen LogP contribution is 2.19. The van der Waals surface area contributed by atoms with Crippen LogP contribution in [0.1, 0.15) is 20.8 Å². The zero-order valence-corrected chi connectivity index (χ0v) is 16.8. The molecule has 4 aromatic rings. The number of hydrogen-bond acceptors (Lipinski definition) is 5. The van der Waals surface area contributed by atoms with Crippen LogP contribution in [0.3, 0.4) is 0 Å². The van der Waals surface area contributed by atoms with E-state index in [1.54, 1.807) is 42.6 Å². The molecule has 0 aliphatic heterocycles.